The number of rotatable bonds is 5. The van der Waals surface area contributed by atoms with Crippen molar-refractivity contribution < 1.29 is 23.9 Å². The van der Waals surface area contributed by atoms with Crippen LogP contribution >= 0.6 is 0 Å². The summed E-state index contributed by atoms with van der Waals surface area (Å²) in [5, 5.41) is 4.71. The van der Waals surface area contributed by atoms with Gasteiger partial charge in [0.1, 0.15) is 28.9 Å². The predicted octanol–water partition coefficient (Wildman–Crippen LogP) is 7.70. The molecule has 4 heterocycles. The van der Waals surface area contributed by atoms with Crippen LogP contribution in [0.15, 0.2) is 60.9 Å². The molecule has 2 aliphatic heterocycles. The van der Waals surface area contributed by atoms with Gasteiger partial charge in [0.2, 0.25) is 5.91 Å². The standard InChI is InChI=1S/C37H44N6O5/c1-36(2,3)47-34(45)42-19-7-9-29(42)32-39-22-28(40-32)24-13-11-23(12-14-24)25-15-16-27-26(21-25)17-18-38-31(27)41-33(44)30-10-8-20-43(30)35(46)48-37(4,5)6/h11-18,21-22,29-30H,7-10,19-20H2,1-6H3,(H,39,40)(H,38,41,44)/t29-,30+/m0/s1. The van der Waals surface area contributed by atoms with E-state index in [1.165, 1.54) is 4.90 Å². The third-order valence-electron chi connectivity index (χ3n) is 8.51. The number of imidazole rings is 1. The molecule has 2 aliphatic rings. The van der Waals surface area contributed by atoms with Gasteiger partial charge in [-0.25, -0.2) is 19.6 Å². The zero-order valence-corrected chi connectivity index (χ0v) is 28.5. The summed E-state index contributed by atoms with van der Waals surface area (Å²) < 4.78 is 11.1. The molecule has 6 rings (SSSR count). The first-order valence-electron chi connectivity index (χ1n) is 16.6. The molecule has 11 heteroatoms. The lowest BCUT2D eigenvalue weighted by atomic mass is 10.00. The van der Waals surface area contributed by atoms with Gasteiger partial charge in [-0.1, -0.05) is 36.4 Å². The highest BCUT2D eigenvalue weighted by Crippen LogP contribution is 2.34. The average molecular weight is 653 g/mol. The van der Waals surface area contributed by atoms with Gasteiger partial charge in [-0.15, -0.1) is 0 Å². The Hall–Kier alpha value is -4.93. The quantitative estimate of drug-likeness (QED) is 0.226. The van der Waals surface area contributed by atoms with Crippen molar-refractivity contribution in [3.63, 3.8) is 0 Å². The Labute approximate surface area is 281 Å². The smallest absolute Gasteiger partial charge is 0.410 e. The number of likely N-dealkylation sites (tertiary alicyclic amines) is 2. The first kappa shape index (κ1) is 33.0. The number of benzene rings is 2. The number of anilines is 1. The van der Waals surface area contributed by atoms with Gasteiger partial charge in [0.25, 0.3) is 0 Å². The van der Waals surface area contributed by atoms with E-state index in [0.717, 1.165) is 58.2 Å². The van der Waals surface area contributed by atoms with Crippen molar-refractivity contribution >= 4 is 34.7 Å². The Morgan fingerprint density at radius 1 is 0.792 bits per heavy atom. The molecule has 252 valence electrons. The minimum absolute atomic E-state index is 0.142. The number of aromatic amines is 1. The zero-order valence-electron chi connectivity index (χ0n) is 28.5. The molecule has 48 heavy (non-hydrogen) atoms. The minimum Gasteiger partial charge on any atom is -0.444 e. The van der Waals surface area contributed by atoms with Crippen LogP contribution in [0.25, 0.3) is 33.2 Å². The number of ether oxygens (including phenoxy) is 2. The molecule has 0 bridgehead atoms. The molecule has 0 spiro atoms. The predicted molar refractivity (Wildman–Crippen MR) is 184 cm³/mol. The van der Waals surface area contributed by atoms with Gasteiger partial charge in [-0.3, -0.25) is 14.6 Å². The fraction of sp³-hybridized carbons (Fsp3) is 0.432. The van der Waals surface area contributed by atoms with Gasteiger partial charge in [0, 0.05) is 24.7 Å². The minimum atomic E-state index is -0.638. The normalized spacial score (nSPS) is 18.3. The zero-order chi connectivity index (χ0) is 34.2. The molecule has 2 aromatic heterocycles. The molecule has 3 amide bonds. The third kappa shape index (κ3) is 7.30. The second-order valence-electron chi connectivity index (χ2n) is 14.5. The van der Waals surface area contributed by atoms with Crippen LogP contribution in [0.3, 0.4) is 0 Å². The number of carbonyl (C=O) groups excluding carboxylic acids is 3. The van der Waals surface area contributed by atoms with Crippen LogP contribution in [-0.4, -0.2) is 73.2 Å². The number of nitrogens with one attached hydrogen (secondary N) is 2. The maximum Gasteiger partial charge on any atom is 0.410 e. The molecule has 2 fully saturated rings. The van der Waals surface area contributed by atoms with Crippen LogP contribution < -0.4 is 5.32 Å². The fourth-order valence-electron chi connectivity index (χ4n) is 6.32. The number of aromatic nitrogens is 3. The van der Waals surface area contributed by atoms with Gasteiger partial charge in [-0.2, -0.15) is 0 Å². The maximum absolute atomic E-state index is 13.3. The number of fused-ring (bicyclic) bond motifs is 1. The van der Waals surface area contributed by atoms with E-state index in [2.05, 4.69) is 38.5 Å². The molecule has 2 atom stereocenters. The largest absolute Gasteiger partial charge is 0.444 e. The highest BCUT2D eigenvalue weighted by atomic mass is 16.6. The summed E-state index contributed by atoms with van der Waals surface area (Å²) >= 11 is 0. The number of amides is 3. The van der Waals surface area contributed by atoms with E-state index >= 15 is 0 Å². The van der Waals surface area contributed by atoms with Crippen molar-refractivity contribution in [2.24, 2.45) is 0 Å². The number of carbonyl (C=O) groups is 3. The number of hydrogen-bond donors (Lipinski definition) is 2. The summed E-state index contributed by atoms with van der Waals surface area (Å²) in [6, 6.07) is 15.4. The van der Waals surface area contributed by atoms with E-state index in [0.29, 0.717) is 25.3 Å². The molecule has 4 aromatic rings. The van der Waals surface area contributed by atoms with Crippen molar-refractivity contribution in [3.8, 4) is 22.4 Å². The van der Waals surface area contributed by atoms with Gasteiger partial charge in [-0.05, 0) is 101 Å². The summed E-state index contributed by atoms with van der Waals surface area (Å²) in [5.74, 6) is 0.942. The second kappa shape index (κ2) is 12.9. The fourth-order valence-corrected chi connectivity index (χ4v) is 6.32. The lowest BCUT2D eigenvalue weighted by Crippen LogP contribution is -2.45. The summed E-state index contributed by atoms with van der Waals surface area (Å²) in [5.41, 5.74) is 2.73. The van der Waals surface area contributed by atoms with E-state index in [-0.39, 0.29) is 18.0 Å². The van der Waals surface area contributed by atoms with E-state index in [1.54, 1.807) is 11.1 Å². The molecule has 2 aromatic carbocycles. The Morgan fingerprint density at radius 3 is 2.12 bits per heavy atom. The molecule has 11 nitrogen and oxygen atoms in total. The average Bonchev–Trinajstić information content (AvgIpc) is 3.80. The highest BCUT2D eigenvalue weighted by molar-refractivity contribution is 6.04. The van der Waals surface area contributed by atoms with E-state index in [1.807, 2.05) is 78.1 Å². The van der Waals surface area contributed by atoms with E-state index < -0.39 is 23.3 Å². The van der Waals surface area contributed by atoms with E-state index in [4.69, 9.17) is 9.47 Å². The summed E-state index contributed by atoms with van der Waals surface area (Å²) in [6.07, 6.45) is 5.73. The van der Waals surface area contributed by atoms with Crippen LogP contribution in [0.5, 0.6) is 0 Å². The maximum atomic E-state index is 13.3. The van der Waals surface area contributed by atoms with Crippen molar-refractivity contribution in [1.29, 1.82) is 0 Å². The van der Waals surface area contributed by atoms with Crippen molar-refractivity contribution in [2.45, 2.75) is 90.5 Å². The summed E-state index contributed by atoms with van der Waals surface area (Å²) in [7, 11) is 0. The first-order valence-corrected chi connectivity index (χ1v) is 16.6. The number of nitrogens with zero attached hydrogens (tertiary/aromatic N) is 4. The molecule has 2 N–H and O–H groups in total. The SMILES string of the molecule is CC(C)(C)OC(=O)N1CCC[C@@H]1C(=O)Nc1nccc2cc(-c3ccc(-c4cnc([C@@H]5CCCN5C(=O)OC(C)(C)C)[nH]4)cc3)ccc12. The van der Waals surface area contributed by atoms with Gasteiger partial charge in [0.05, 0.1) is 17.9 Å². The van der Waals surface area contributed by atoms with Crippen molar-refractivity contribution in [3.05, 3.63) is 66.7 Å². The Kier molecular flexibility index (Phi) is 8.89. The lowest BCUT2D eigenvalue weighted by Gasteiger charge is -2.28. The Balaban J connectivity index is 1.15. The molecular weight excluding hydrogens is 608 g/mol. The number of H-pyrrole nitrogens is 1. The number of hydrogen-bond acceptors (Lipinski definition) is 7. The van der Waals surface area contributed by atoms with Crippen molar-refractivity contribution in [1.82, 2.24) is 24.8 Å². The van der Waals surface area contributed by atoms with Gasteiger partial charge < -0.3 is 19.8 Å². The Morgan fingerprint density at radius 2 is 1.42 bits per heavy atom. The molecule has 0 aliphatic carbocycles. The van der Waals surface area contributed by atoms with Crippen LogP contribution in [0, 0.1) is 0 Å². The molecule has 0 unspecified atom stereocenters. The summed E-state index contributed by atoms with van der Waals surface area (Å²) in [6.45, 7) is 12.2. The number of pyridine rings is 1. The lowest BCUT2D eigenvalue weighted by molar-refractivity contribution is -0.120. The third-order valence-corrected chi connectivity index (χ3v) is 8.51. The van der Waals surface area contributed by atoms with E-state index in [9.17, 15) is 14.4 Å². The first-order chi connectivity index (χ1) is 22.8. The molecular formula is C37H44N6O5. The van der Waals surface area contributed by atoms with Crippen LogP contribution in [0.4, 0.5) is 15.4 Å². The van der Waals surface area contributed by atoms with Gasteiger partial charge >= 0.3 is 12.2 Å². The van der Waals surface area contributed by atoms with Crippen LogP contribution in [0.1, 0.15) is 79.1 Å². The molecule has 0 saturated carbocycles. The molecule has 0 radical (unpaired) electrons. The van der Waals surface area contributed by atoms with Gasteiger partial charge in [0.15, 0.2) is 0 Å². The summed E-state index contributed by atoms with van der Waals surface area (Å²) in [4.78, 5) is 54.6. The van der Waals surface area contributed by atoms with Crippen LogP contribution in [0.2, 0.25) is 0 Å². The second-order valence-corrected chi connectivity index (χ2v) is 14.5. The van der Waals surface area contributed by atoms with Crippen molar-refractivity contribution in [2.75, 3.05) is 18.4 Å². The molecule has 2 saturated heterocycles. The Bertz CT molecular complexity index is 1820. The monoisotopic (exact) mass is 652 g/mol. The topological polar surface area (TPSA) is 130 Å². The highest BCUT2D eigenvalue weighted by Gasteiger charge is 2.37. The van der Waals surface area contributed by atoms with Crippen LogP contribution in [-0.2, 0) is 14.3 Å².